The number of hydrogen-bond donors (Lipinski definition) is 2. The Balaban J connectivity index is 1.44. The Labute approximate surface area is 175 Å². The van der Waals surface area contributed by atoms with Crippen molar-refractivity contribution < 1.29 is 9.59 Å². The number of aryl methyl sites for hydroxylation is 1. The summed E-state index contributed by atoms with van der Waals surface area (Å²) in [6, 6.07) is 13.6. The molecule has 0 unspecified atom stereocenters. The third-order valence-corrected chi connectivity index (χ3v) is 5.99. The summed E-state index contributed by atoms with van der Waals surface area (Å²) in [6.07, 6.45) is 0.190. The first-order valence-electron chi connectivity index (χ1n) is 8.96. The van der Waals surface area contributed by atoms with E-state index >= 15 is 0 Å². The number of nitrogens with zero attached hydrogens (tertiary/aromatic N) is 2. The summed E-state index contributed by atoms with van der Waals surface area (Å²) in [6.45, 7) is 3.51. The number of hydrogen-bond acceptors (Lipinski definition) is 6. The molecule has 0 radical (unpaired) electrons. The molecule has 2 N–H and O–H groups in total. The number of fused-ring (bicyclic) bond motifs is 1. The Bertz CT molecular complexity index is 1210. The van der Waals surface area contributed by atoms with E-state index in [2.05, 4.69) is 26.7 Å². The molecule has 29 heavy (non-hydrogen) atoms. The topological polar surface area (TPSA) is 84.0 Å². The van der Waals surface area contributed by atoms with Gasteiger partial charge in [-0.05, 0) is 31.2 Å². The Morgan fingerprint density at radius 1 is 1.07 bits per heavy atom. The standard InChI is InChI=1S/C21H18N4O2S2/c1-12-4-3-5-14(8-12)20-23-16(11-28-20)10-19(27)25-21-24-17-7-6-15(22-13(2)26)9-18(17)29-21/h3-9,11H,10H2,1-2H3,(H,22,26)(H,24,25,27). The molecule has 0 saturated carbocycles. The minimum absolute atomic E-state index is 0.129. The van der Waals surface area contributed by atoms with Crippen LogP contribution in [0, 0.1) is 6.92 Å². The van der Waals surface area contributed by atoms with E-state index in [1.807, 2.05) is 42.6 Å². The molecule has 0 aliphatic carbocycles. The number of benzene rings is 2. The summed E-state index contributed by atoms with van der Waals surface area (Å²) in [4.78, 5) is 32.6. The smallest absolute Gasteiger partial charge is 0.232 e. The number of amides is 2. The van der Waals surface area contributed by atoms with Crippen molar-refractivity contribution in [2.24, 2.45) is 0 Å². The average molecular weight is 423 g/mol. The number of thiazole rings is 2. The summed E-state index contributed by atoms with van der Waals surface area (Å²) >= 11 is 2.90. The van der Waals surface area contributed by atoms with Crippen LogP contribution in [0.2, 0.25) is 0 Å². The lowest BCUT2D eigenvalue weighted by atomic mass is 10.1. The Morgan fingerprint density at radius 2 is 1.93 bits per heavy atom. The van der Waals surface area contributed by atoms with Crippen LogP contribution >= 0.6 is 22.7 Å². The number of anilines is 2. The Kier molecular flexibility index (Phi) is 5.37. The largest absolute Gasteiger partial charge is 0.326 e. The van der Waals surface area contributed by atoms with Gasteiger partial charge in [0.05, 0.1) is 22.3 Å². The number of rotatable bonds is 5. The zero-order valence-electron chi connectivity index (χ0n) is 15.9. The highest BCUT2D eigenvalue weighted by atomic mass is 32.1. The average Bonchev–Trinajstić information content (AvgIpc) is 3.27. The van der Waals surface area contributed by atoms with Gasteiger partial charge in [-0.15, -0.1) is 11.3 Å². The Hall–Kier alpha value is -3.10. The van der Waals surface area contributed by atoms with Crippen LogP contribution in [0.5, 0.6) is 0 Å². The highest BCUT2D eigenvalue weighted by molar-refractivity contribution is 7.22. The van der Waals surface area contributed by atoms with Gasteiger partial charge >= 0.3 is 0 Å². The SMILES string of the molecule is CC(=O)Nc1ccc2nc(NC(=O)Cc3csc(-c4cccc(C)c4)n3)sc2c1. The van der Waals surface area contributed by atoms with Gasteiger partial charge in [0.25, 0.3) is 0 Å². The number of nitrogens with one attached hydrogen (secondary N) is 2. The molecule has 4 aromatic rings. The minimum atomic E-state index is -0.160. The van der Waals surface area contributed by atoms with E-state index < -0.39 is 0 Å². The van der Waals surface area contributed by atoms with E-state index in [1.165, 1.54) is 35.2 Å². The van der Waals surface area contributed by atoms with E-state index in [1.54, 1.807) is 6.07 Å². The monoisotopic (exact) mass is 422 g/mol. The van der Waals surface area contributed by atoms with E-state index in [9.17, 15) is 9.59 Å². The minimum Gasteiger partial charge on any atom is -0.326 e. The molecular formula is C21H18N4O2S2. The van der Waals surface area contributed by atoms with E-state index in [4.69, 9.17) is 0 Å². The van der Waals surface area contributed by atoms with Crippen molar-refractivity contribution in [3.05, 3.63) is 59.1 Å². The molecule has 146 valence electrons. The van der Waals surface area contributed by atoms with Gasteiger partial charge in [0.2, 0.25) is 11.8 Å². The lowest BCUT2D eigenvalue weighted by molar-refractivity contribution is -0.116. The van der Waals surface area contributed by atoms with Crippen molar-refractivity contribution in [3.8, 4) is 10.6 Å². The quantitative estimate of drug-likeness (QED) is 0.481. The van der Waals surface area contributed by atoms with Crippen LogP contribution in [0.4, 0.5) is 10.8 Å². The zero-order valence-corrected chi connectivity index (χ0v) is 17.5. The maximum atomic E-state index is 12.4. The number of carbonyl (C=O) groups excluding carboxylic acids is 2. The van der Waals surface area contributed by atoms with Crippen LogP contribution in [0.25, 0.3) is 20.8 Å². The molecule has 4 rings (SSSR count). The van der Waals surface area contributed by atoms with Gasteiger partial charge in [0.1, 0.15) is 5.01 Å². The molecule has 0 aliphatic heterocycles. The van der Waals surface area contributed by atoms with E-state index in [-0.39, 0.29) is 18.2 Å². The number of aromatic nitrogens is 2. The van der Waals surface area contributed by atoms with Crippen molar-refractivity contribution in [3.63, 3.8) is 0 Å². The fourth-order valence-electron chi connectivity index (χ4n) is 2.89. The van der Waals surface area contributed by atoms with E-state index in [0.29, 0.717) is 10.8 Å². The second-order valence-electron chi connectivity index (χ2n) is 6.62. The molecule has 0 saturated heterocycles. The second-order valence-corrected chi connectivity index (χ2v) is 8.51. The zero-order chi connectivity index (χ0) is 20.4. The predicted molar refractivity (Wildman–Crippen MR) is 119 cm³/mol. The molecular weight excluding hydrogens is 404 g/mol. The maximum Gasteiger partial charge on any atom is 0.232 e. The lowest BCUT2D eigenvalue weighted by Gasteiger charge is -1.99. The molecule has 0 fully saturated rings. The second kappa shape index (κ2) is 8.10. The third kappa shape index (κ3) is 4.67. The first-order chi connectivity index (χ1) is 14.0. The van der Waals surface area contributed by atoms with Gasteiger partial charge in [0, 0.05) is 23.6 Å². The van der Waals surface area contributed by atoms with Gasteiger partial charge < -0.3 is 10.6 Å². The number of carbonyl (C=O) groups is 2. The fraction of sp³-hybridized carbons (Fsp3) is 0.143. The molecule has 8 heteroatoms. The van der Waals surface area contributed by atoms with Crippen molar-refractivity contribution >= 4 is 55.5 Å². The summed E-state index contributed by atoms with van der Waals surface area (Å²) < 4.78 is 0.891. The van der Waals surface area contributed by atoms with Crippen molar-refractivity contribution in [1.29, 1.82) is 0 Å². The first-order valence-corrected chi connectivity index (χ1v) is 10.7. The van der Waals surface area contributed by atoms with Gasteiger partial charge in [0.15, 0.2) is 5.13 Å². The summed E-state index contributed by atoms with van der Waals surface area (Å²) in [5.74, 6) is -0.289. The maximum absolute atomic E-state index is 12.4. The predicted octanol–water partition coefficient (Wildman–Crippen LogP) is 4.87. The molecule has 2 amide bonds. The molecule has 6 nitrogen and oxygen atoms in total. The van der Waals surface area contributed by atoms with Crippen LogP contribution in [0.15, 0.2) is 47.8 Å². The van der Waals surface area contributed by atoms with Crippen LogP contribution in [0.1, 0.15) is 18.2 Å². The first kappa shape index (κ1) is 19.2. The normalized spacial score (nSPS) is 10.8. The molecule has 2 aromatic carbocycles. The highest BCUT2D eigenvalue weighted by Gasteiger charge is 2.12. The fourth-order valence-corrected chi connectivity index (χ4v) is 4.62. The highest BCUT2D eigenvalue weighted by Crippen LogP contribution is 2.29. The van der Waals surface area contributed by atoms with Crippen molar-refractivity contribution in [2.75, 3.05) is 10.6 Å². The lowest BCUT2D eigenvalue weighted by Crippen LogP contribution is -2.14. The molecule has 2 heterocycles. The molecule has 0 bridgehead atoms. The van der Waals surface area contributed by atoms with E-state index in [0.717, 1.165) is 26.5 Å². The van der Waals surface area contributed by atoms with Crippen molar-refractivity contribution in [1.82, 2.24) is 9.97 Å². The molecule has 0 atom stereocenters. The van der Waals surface area contributed by atoms with Crippen LogP contribution in [-0.2, 0) is 16.0 Å². The Morgan fingerprint density at radius 3 is 2.72 bits per heavy atom. The van der Waals surface area contributed by atoms with Crippen LogP contribution in [-0.4, -0.2) is 21.8 Å². The third-order valence-electron chi connectivity index (χ3n) is 4.11. The van der Waals surface area contributed by atoms with Crippen LogP contribution < -0.4 is 10.6 Å². The molecule has 2 aromatic heterocycles. The van der Waals surface area contributed by atoms with Gasteiger partial charge in [-0.3, -0.25) is 9.59 Å². The van der Waals surface area contributed by atoms with Crippen LogP contribution in [0.3, 0.4) is 0 Å². The summed E-state index contributed by atoms with van der Waals surface area (Å²) in [5, 5.41) is 8.93. The van der Waals surface area contributed by atoms with Gasteiger partial charge in [-0.1, -0.05) is 35.1 Å². The molecule has 0 aliphatic rings. The summed E-state index contributed by atoms with van der Waals surface area (Å²) in [7, 11) is 0. The molecule has 0 spiro atoms. The van der Waals surface area contributed by atoms with Gasteiger partial charge in [-0.25, -0.2) is 9.97 Å². The van der Waals surface area contributed by atoms with Gasteiger partial charge in [-0.2, -0.15) is 0 Å². The summed E-state index contributed by atoms with van der Waals surface area (Å²) in [5.41, 5.74) is 4.45. The van der Waals surface area contributed by atoms with Crippen molar-refractivity contribution in [2.45, 2.75) is 20.3 Å².